The Bertz CT molecular complexity index is 894. The van der Waals surface area contributed by atoms with Gasteiger partial charge in [0.15, 0.2) is 12.1 Å². The average Bonchev–Trinajstić information content (AvgIpc) is 2.56. The number of carbonyl (C=O) groups excluding carboxylic acids is 1. The van der Waals surface area contributed by atoms with Crippen molar-refractivity contribution in [1.82, 2.24) is 0 Å². The predicted molar refractivity (Wildman–Crippen MR) is 94.3 cm³/mol. The Labute approximate surface area is 147 Å². The topological polar surface area (TPSA) is 63.7 Å². The quantitative estimate of drug-likeness (QED) is 0.734. The minimum absolute atomic E-state index is 0.295. The van der Waals surface area contributed by atoms with Crippen LogP contribution in [0, 0.1) is 12.7 Å². The molecule has 0 fully saturated rings. The molecule has 0 atom stereocenters. The molecule has 0 heterocycles. The number of sulfonamides is 1. The van der Waals surface area contributed by atoms with Crippen LogP contribution in [-0.4, -0.2) is 27.9 Å². The van der Waals surface area contributed by atoms with Gasteiger partial charge in [-0.3, -0.25) is 9.10 Å². The molecular weight excluding hydrogens is 345 g/mol. The SMILES string of the molecule is COc1ccc(N(C(C)C)S(=O)(=O)c2cccc(C=O)c2F)c(C)c1. The van der Waals surface area contributed by atoms with E-state index in [1.807, 2.05) is 0 Å². The van der Waals surface area contributed by atoms with Gasteiger partial charge in [-0.2, -0.15) is 0 Å². The summed E-state index contributed by atoms with van der Waals surface area (Å²) in [4.78, 5) is 10.4. The summed E-state index contributed by atoms with van der Waals surface area (Å²) in [7, 11) is -2.68. The molecule has 0 aromatic heterocycles. The van der Waals surface area contributed by atoms with Crippen molar-refractivity contribution < 1.29 is 22.3 Å². The van der Waals surface area contributed by atoms with E-state index in [0.29, 0.717) is 23.3 Å². The van der Waals surface area contributed by atoms with E-state index in [0.717, 1.165) is 10.4 Å². The maximum absolute atomic E-state index is 14.5. The molecule has 0 aliphatic heterocycles. The summed E-state index contributed by atoms with van der Waals surface area (Å²) in [6, 6.07) is 8.25. The van der Waals surface area contributed by atoms with Crippen molar-refractivity contribution in [3.63, 3.8) is 0 Å². The third kappa shape index (κ3) is 3.51. The number of hydrogen-bond acceptors (Lipinski definition) is 4. The number of halogens is 1. The Morgan fingerprint density at radius 3 is 2.40 bits per heavy atom. The van der Waals surface area contributed by atoms with E-state index in [1.165, 1.54) is 19.2 Å². The van der Waals surface area contributed by atoms with Crippen LogP contribution in [0.15, 0.2) is 41.3 Å². The van der Waals surface area contributed by atoms with E-state index in [4.69, 9.17) is 4.74 Å². The third-order valence-electron chi connectivity index (χ3n) is 3.77. The third-order valence-corrected chi connectivity index (χ3v) is 5.77. The molecule has 0 amide bonds. The Morgan fingerprint density at radius 1 is 1.20 bits per heavy atom. The Kier molecular flexibility index (Phi) is 5.47. The minimum Gasteiger partial charge on any atom is -0.497 e. The van der Waals surface area contributed by atoms with Crippen LogP contribution in [0.4, 0.5) is 10.1 Å². The van der Waals surface area contributed by atoms with Crippen molar-refractivity contribution in [1.29, 1.82) is 0 Å². The molecule has 134 valence electrons. The molecule has 7 heteroatoms. The molecule has 0 bridgehead atoms. The molecule has 0 aliphatic carbocycles. The van der Waals surface area contributed by atoms with Crippen LogP contribution in [0.2, 0.25) is 0 Å². The highest BCUT2D eigenvalue weighted by molar-refractivity contribution is 7.92. The number of aryl methyl sites for hydroxylation is 1. The molecule has 0 unspecified atom stereocenters. The monoisotopic (exact) mass is 365 g/mol. The summed E-state index contributed by atoms with van der Waals surface area (Å²) < 4.78 is 47.0. The Balaban J connectivity index is 2.67. The number of hydrogen-bond donors (Lipinski definition) is 0. The second-order valence-electron chi connectivity index (χ2n) is 5.82. The summed E-state index contributed by atoms with van der Waals surface area (Å²) in [5, 5.41) is 0. The lowest BCUT2D eigenvalue weighted by molar-refractivity contribution is 0.111. The van der Waals surface area contributed by atoms with E-state index in [1.54, 1.807) is 39.0 Å². The highest BCUT2D eigenvalue weighted by Gasteiger charge is 2.31. The molecule has 0 radical (unpaired) electrons. The molecule has 2 aromatic carbocycles. The molecular formula is C18H20FNO4S. The van der Waals surface area contributed by atoms with Crippen molar-refractivity contribution in [2.75, 3.05) is 11.4 Å². The Hall–Kier alpha value is -2.41. The van der Waals surface area contributed by atoms with Gasteiger partial charge in [-0.05, 0) is 56.7 Å². The lowest BCUT2D eigenvalue weighted by Crippen LogP contribution is -2.38. The van der Waals surface area contributed by atoms with Crippen molar-refractivity contribution in [3.8, 4) is 5.75 Å². The van der Waals surface area contributed by atoms with Crippen LogP contribution >= 0.6 is 0 Å². The van der Waals surface area contributed by atoms with Crippen LogP contribution in [-0.2, 0) is 10.0 Å². The van der Waals surface area contributed by atoms with Gasteiger partial charge in [-0.25, -0.2) is 12.8 Å². The number of anilines is 1. The van der Waals surface area contributed by atoms with Crippen LogP contribution < -0.4 is 9.04 Å². The summed E-state index contributed by atoms with van der Waals surface area (Å²) in [6.45, 7) is 5.15. The first kappa shape index (κ1) is 18.9. The zero-order chi connectivity index (χ0) is 18.8. The fourth-order valence-electron chi connectivity index (χ4n) is 2.61. The number of benzene rings is 2. The number of methoxy groups -OCH3 is 1. The molecule has 25 heavy (non-hydrogen) atoms. The summed E-state index contributed by atoms with van der Waals surface area (Å²) in [5.74, 6) is -0.453. The van der Waals surface area contributed by atoms with Gasteiger partial charge >= 0.3 is 0 Å². The molecule has 2 rings (SSSR count). The average molecular weight is 365 g/mol. The van der Waals surface area contributed by atoms with Crippen LogP contribution in [0.5, 0.6) is 5.75 Å². The Morgan fingerprint density at radius 2 is 1.88 bits per heavy atom. The van der Waals surface area contributed by atoms with Crippen molar-refractivity contribution in [2.45, 2.75) is 31.7 Å². The maximum atomic E-state index is 14.5. The number of ether oxygens (including phenoxy) is 1. The van der Waals surface area contributed by atoms with Crippen LogP contribution in [0.3, 0.4) is 0 Å². The zero-order valence-electron chi connectivity index (χ0n) is 14.5. The highest BCUT2D eigenvalue weighted by atomic mass is 32.2. The normalized spacial score (nSPS) is 11.4. The fraction of sp³-hybridized carbons (Fsp3) is 0.278. The van der Waals surface area contributed by atoms with Gasteiger partial charge in [0.1, 0.15) is 10.6 Å². The maximum Gasteiger partial charge on any atom is 0.267 e. The summed E-state index contributed by atoms with van der Waals surface area (Å²) >= 11 is 0. The van der Waals surface area contributed by atoms with Gasteiger partial charge in [0.05, 0.1) is 18.4 Å². The summed E-state index contributed by atoms with van der Waals surface area (Å²) in [6.07, 6.45) is 0.298. The first-order valence-corrected chi connectivity index (χ1v) is 9.10. The zero-order valence-corrected chi connectivity index (χ0v) is 15.3. The largest absolute Gasteiger partial charge is 0.497 e. The van der Waals surface area contributed by atoms with E-state index >= 15 is 0 Å². The molecule has 0 aliphatic rings. The number of nitrogens with zero attached hydrogens (tertiary/aromatic N) is 1. The van der Waals surface area contributed by atoms with E-state index in [9.17, 15) is 17.6 Å². The van der Waals surface area contributed by atoms with Gasteiger partial charge in [0, 0.05) is 6.04 Å². The van der Waals surface area contributed by atoms with Crippen molar-refractivity contribution in [2.24, 2.45) is 0 Å². The van der Waals surface area contributed by atoms with Gasteiger partial charge < -0.3 is 4.74 Å². The number of aldehydes is 1. The molecule has 5 nitrogen and oxygen atoms in total. The predicted octanol–water partition coefficient (Wildman–Crippen LogP) is 3.56. The first-order valence-electron chi connectivity index (χ1n) is 7.66. The molecule has 2 aromatic rings. The number of rotatable bonds is 6. The minimum atomic E-state index is -4.20. The van der Waals surface area contributed by atoms with Gasteiger partial charge in [-0.1, -0.05) is 6.07 Å². The van der Waals surface area contributed by atoms with Crippen LogP contribution in [0.25, 0.3) is 0 Å². The lowest BCUT2D eigenvalue weighted by atomic mass is 10.2. The van der Waals surface area contributed by atoms with Gasteiger partial charge in [0.2, 0.25) is 0 Å². The molecule has 0 saturated carbocycles. The van der Waals surface area contributed by atoms with Crippen LogP contribution in [0.1, 0.15) is 29.8 Å². The van der Waals surface area contributed by atoms with E-state index < -0.39 is 26.8 Å². The molecule has 0 N–H and O–H groups in total. The summed E-state index contributed by atoms with van der Waals surface area (Å²) in [5.41, 5.74) is 0.798. The molecule has 0 spiro atoms. The highest BCUT2D eigenvalue weighted by Crippen LogP contribution is 2.32. The van der Waals surface area contributed by atoms with E-state index in [2.05, 4.69) is 0 Å². The van der Waals surface area contributed by atoms with Gasteiger partial charge in [0.25, 0.3) is 10.0 Å². The molecule has 0 saturated heterocycles. The van der Waals surface area contributed by atoms with Gasteiger partial charge in [-0.15, -0.1) is 0 Å². The fourth-order valence-corrected chi connectivity index (χ4v) is 4.44. The second-order valence-corrected chi connectivity index (χ2v) is 7.61. The van der Waals surface area contributed by atoms with Crippen molar-refractivity contribution >= 4 is 22.0 Å². The number of carbonyl (C=O) groups is 1. The van der Waals surface area contributed by atoms with E-state index in [-0.39, 0.29) is 5.56 Å². The smallest absolute Gasteiger partial charge is 0.267 e. The standard InChI is InChI=1S/C18H20FNO4S/c1-12(2)20(16-9-8-15(24-4)10-13(16)3)25(22,23)17-7-5-6-14(11-21)18(17)19/h5-12H,1-4H3. The lowest BCUT2D eigenvalue weighted by Gasteiger charge is -2.30. The second kappa shape index (κ2) is 7.23. The first-order chi connectivity index (χ1) is 11.7. The van der Waals surface area contributed by atoms with Crippen molar-refractivity contribution in [3.05, 3.63) is 53.3 Å².